The first-order valence-electron chi connectivity index (χ1n) is 5.33. The molecule has 3 heteroatoms. The van der Waals surface area contributed by atoms with Crippen molar-refractivity contribution in [3.05, 3.63) is 40.2 Å². The summed E-state index contributed by atoms with van der Waals surface area (Å²) in [5.41, 5.74) is 1.18. The minimum atomic E-state index is -1.35. The molecule has 1 nitrogen and oxygen atoms in total. The third-order valence-corrected chi connectivity index (χ3v) is 5.83. The number of benzene rings is 1. The van der Waals surface area contributed by atoms with Gasteiger partial charge in [0.1, 0.15) is 12.0 Å². The molecule has 0 bridgehead atoms. The highest BCUT2D eigenvalue weighted by molar-refractivity contribution is 14.1. The van der Waals surface area contributed by atoms with Gasteiger partial charge in [-0.15, -0.1) is 0 Å². The molecule has 0 atom stereocenters. The van der Waals surface area contributed by atoms with Crippen LogP contribution in [0.5, 0.6) is 0 Å². The van der Waals surface area contributed by atoms with Crippen LogP contribution in [0.2, 0.25) is 19.6 Å². The zero-order valence-corrected chi connectivity index (χ0v) is 12.9. The van der Waals surface area contributed by atoms with Crippen molar-refractivity contribution in [3.8, 4) is 11.3 Å². The third-order valence-electron chi connectivity index (χ3n) is 2.53. The average molecular weight is 342 g/mol. The van der Waals surface area contributed by atoms with Crippen molar-refractivity contribution in [2.75, 3.05) is 0 Å². The Balaban J connectivity index is 2.60. The lowest BCUT2D eigenvalue weighted by atomic mass is 10.2. The van der Waals surface area contributed by atoms with Crippen LogP contribution in [0.25, 0.3) is 11.3 Å². The zero-order valence-electron chi connectivity index (χ0n) is 9.75. The van der Waals surface area contributed by atoms with E-state index in [4.69, 9.17) is 4.42 Å². The van der Waals surface area contributed by atoms with E-state index in [9.17, 15) is 0 Å². The molecule has 16 heavy (non-hydrogen) atoms. The molecule has 0 N–H and O–H groups in total. The molecular weight excluding hydrogens is 327 g/mol. The van der Waals surface area contributed by atoms with Crippen molar-refractivity contribution in [1.82, 2.24) is 0 Å². The lowest BCUT2D eigenvalue weighted by molar-refractivity contribution is 0.582. The van der Waals surface area contributed by atoms with Gasteiger partial charge in [-0.05, 0) is 27.8 Å². The van der Waals surface area contributed by atoms with Crippen LogP contribution in [0, 0.1) is 3.57 Å². The fourth-order valence-corrected chi connectivity index (χ4v) is 6.30. The molecule has 2 aromatic rings. The van der Waals surface area contributed by atoms with Gasteiger partial charge in [0.25, 0.3) is 0 Å². The molecule has 0 spiro atoms. The van der Waals surface area contributed by atoms with E-state index < -0.39 is 8.07 Å². The molecule has 0 fully saturated rings. The molecular formula is C13H15IOSi. The van der Waals surface area contributed by atoms with E-state index in [0.717, 1.165) is 5.76 Å². The standard InChI is InChI=1S/C13H15IOSi/c1-16(2,3)13-11(14)9-15-12(13)10-7-5-4-6-8-10/h4-9H,1-3H3. The maximum absolute atomic E-state index is 5.74. The van der Waals surface area contributed by atoms with Crippen LogP contribution in [-0.4, -0.2) is 8.07 Å². The van der Waals surface area contributed by atoms with E-state index in [1.807, 2.05) is 12.3 Å². The first-order chi connectivity index (χ1) is 7.50. The molecule has 1 aromatic heterocycles. The monoisotopic (exact) mass is 342 g/mol. The summed E-state index contributed by atoms with van der Waals surface area (Å²) in [5.74, 6) is 1.06. The predicted octanol–water partition coefficient (Wildman–Crippen LogP) is 4.10. The van der Waals surface area contributed by atoms with Crippen LogP contribution in [0.4, 0.5) is 0 Å². The summed E-state index contributed by atoms with van der Waals surface area (Å²) in [6.07, 6.45) is 1.87. The second-order valence-electron chi connectivity index (χ2n) is 4.90. The lowest BCUT2D eigenvalue weighted by Gasteiger charge is -2.17. The van der Waals surface area contributed by atoms with Gasteiger partial charge in [0, 0.05) is 5.56 Å². The van der Waals surface area contributed by atoms with Crippen LogP contribution in [0.1, 0.15) is 0 Å². The summed E-state index contributed by atoms with van der Waals surface area (Å²) in [4.78, 5) is 0. The number of halogens is 1. The Bertz CT molecular complexity index is 482. The average Bonchev–Trinajstić information content (AvgIpc) is 2.61. The molecule has 0 saturated carbocycles. The topological polar surface area (TPSA) is 13.1 Å². The van der Waals surface area contributed by atoms with E-state index in [2.05, 4.69) is 66.5 Å². The summed E-state index contributed by atoms with van der Waals surface area (Å²) >= 11 is 2.37. The zero-order chi connectivity index (χ0) is 11.8. The Kier molecular flexibility index (Phi) is 3.26. The molecule has 0 unspecified atom stereocenters. The van der Waals surface area contributed by atoms with E-state index in [-0.39, 0.29) is 0 Å². The normalized spacial score (nSPS) is 11.8. The maximum atomic E-state index is 5.74. The molecule has 2 rings (SSSR count). The first-order valence-corrected chi connectivity index (χ1v) is 9.91. The van der Waals surface area contributed by atoms with Gasteiger partial charge in [0.05, 0.1) is 11.6 Å². The summed E-state index contributed by atoms with van der Waals surface area (Å²) < 4.78 is 7.00. The Morgan fingerprint density at radius 2 is 1.69 bits per heavy atom. The van der Waals surface area contributed by atoms with Crippen molar-refractivity contribution in [2.24, 2.45) is 0 Å². The number of hydrogen-bond donors (Lipinski definition) is 0. The maximum Gasteiger partial charge on any atom is 0.134 e. The van der Waals surface area contributed by atoms with Crippen LogP contribution in [0.15, 0.2) is 41.0 Å². The first kappa shape index (κ1) is 11.9. The van der Waals surface area contributed by atoms with Gasteiger partial charge in [-0.25, -0.2) is 0 Å². The summed E-state index contributed by atoms with van der Waals surface area (Å²) in [6.45, 7) is 7.06. The highest BCUT2D eigenvalue weighted by Gasteiger charge is 2.26. The molecule has 0 saturated heterocycles. The molecule has 0 aliphatic rings. The highest BCUT2D eigenvalue weighted by Crippen LogP contribution is 2.24. The Morgan fingerprint density at radius 3 is 2.25 bits per heavy atom. The van der Waals surface area contributed by atoms with Gasteiger partial charge in [0.15, 0.2) is 0 Å². The quantitative estimate of drug-likeness (QED) is 0.592. The summed E-state index contributed by atoms with van der Waals surface area (Å²) in [6, 6.07) is 10.4. The van der Waals surface area contributed by atoms with Crippen molar-refractivity contribution < 1.29 is 4.42 Å². The molecule has 0 amide bonds. The van der Waals surface area contributed by atoms with Crippen LogP contribution in [-0.2, 0) is 0 Å². The number of furan rings is 1. The second kappa shape index (κ2) is 4.37. The van der Waals surface area contributed by atoms with E-state index >= 15 is 0 Å². The SMILES string of the molecule is C[Si](C)(C)c1c(I)coc1-c1ccccc1. The molecule has 84 valence electrons. The van der Waals surface area contributed by atoms with Gasteiger partial charge < -0.3 is 4.42 Å². The Morgan fingerprint density at radius 1 is 1.06 bits per heavy atom. The lowest BCUT2D eigenvalue weighted by Crippen LogP contribution is -2.39. The van der Waals surface area contributed by atoms with Gasteiger partial charge in [-0.3, -0.25) is 0 Å². The van der Waals surface area contributed by atoms with E-state index in [0.29, 0.717) is 0 Å². The largest absolute Gasteiger partial charge is 0.463 e. The van der Waals surface area contributed by atoms with Crippen molar-refractivity contribution in [1.29, 1.82) is 0 Å². The van der Waals surface area contributed by atoms with Gasteiger partial charge >= 0.3 is 0 Å². The van der Waals surface area contributed by atoms with Gasteiger partial charge in [0.2, 0.25) is 0 Å². The van der Waals surface area contributed by atoms with Crippen LogP contribution in [0.3, 0.4) is 0 Å². The molecule has 0 aliphatic heterocycles. The molecule has 1 heterocycles. The second-order valence-corrected chi connectivity index (χ2v) is 11.1. The fourth-order valence-electron chi connectivity index (χ4n) is 1.84. The Hall–Kier alpha value is -0.553. The molecule has 1 aromatic carbocycles. The smallest absolute Gasteiger partial charge is 0.134 e. The van der Waals surface area contributed by atoms with Crippen LogP contribution >= 0.6 is 22.6 Å². The van der Waals surface area contributed by atoms with Gasteiger partial charge in [-0.2, -0.15) is 0 Å². The molecule has 0 radical (unpaired) electrons. The minimum absolute atomic E-state index is 1.06. The van der Waals surface area contributed by atoms with Crippen molar-refractivity contribution in [3.63, 3.8) is 0 Å². The fraction of sp³-hybridized carbons (Fsp3) is 0.231. The minimum Gasteiger partial charge on any atom is -0.463 e. The highest BCUT2D eigenvalue weighted by atomic mass is 127. The van der Waals surface area contributed by atoms with E-state index in [1.54, 1.807) is 0 Å². The van der Waals surface area contributed by atoms with Crippen molar-refractivity contribution >= 4 is 35.9 Å². The number of hydrogen-bond acceptors (Lipinski definition) is 1. The van der Waals surface area contributed by atoms with Gasteiger partial charge in [-0.1, -0.05) is 50.0 Å². The van der Waals surface area contributed by atoms with Crippen molar-refractivity contribution in [2.45, 2.75) is 19.6 Å². The Labute approximate surface area is 111 Å². The van der Waals surface area contributed by atoms with Crippen LogP contribution < -0.4 is 5.19 Å². The summed E-state index contributed by atoms with van der Waals surface area (Å²) in [5, 5.41) is 1.43. The third kappa shape index (κ3) is 2.25. The predicted molar refractivity (Wildman–Crippen MR) is 79.8 cm³/mol. The number of rotatable bonds is 2. The summed E-state index contributed by atoms with van der Waals surface area (Å²) in [7, 11) is -1.35. The van der Waals surface area contributed by atoms with E-state index in [1.165, 1.54) is 14.3 Å². The molecule has 0 aliphatic carbocycles.